The predicted octanol–water partition coefficient (Wildman–Crippen LogP) is 5.40. The van der Waals surface area contributed by atoms with Crippen molar-refractivity contribution >= 4 is 23.5 Å². The Hall–Kier alpha value is -1.79. The van der Waals surface area contributed by atoms with Crippen molar-refractivity contribution in [1.82, 2.24) is 14.7 Å². The maximum absolute atomic E-state index is 12.5. The van der Waals surface area contributed by atoms with Crippen LogP contribution in [0.4, 0.5) is 5.82 Å². The fourth-order valence-electron chi connectivity index (χ4n) is 4.50. The lowest BCUT2D eigenvalue weighted by molar-refractivity contribution is -0.116. The third kappa shape index (κ3) is 7.11. The largest absolute Gasteiger partial charge is 0.311 e. The zero-order valence-electron chi connectivity index (χ0n) is 19.5. The normalized spacial score (nSPS) is 16.9. The Kier molecular flexibility index (Phi) is 8.61. The molecule has 1 aromatic heterocycles. The number of nitrogens with one attached hydrogen (secondary N) is 1. The maximum Gasteiger partial charge on any atom is 0.225 e. The molecular formula is C25H38N4OS. The SMILES string of the molecule is CSC(C)(C)C[C@@H](C)N1CCC(n2nccc2NC(=O)CCCc2ccccc2)CC1. The summed E-state index contributed by atoms with van der Waals surface area (Å²) in [6.07, 6.45) is 9.66. The molecule has 0 unspecified atom stereocenters. The molecule has 6 heteroatoms. The zero-order valence-corrected chi connectivity index (χ0v) is 20.3. The molecule has 5 nitrogen and oxygen atoms in total. The van der Waals surface area contributed by atoms with Crippen molar-refractivity contribution < 1.29 is 4.79 Å². The van der Waals surface area contributed by atoms with E-state index in [9.17, 15) is 4.79 Å². The second-order valence-electron chi connectivity index (χ2n) is 9.33. The fourth-order valence-corrected chi connectivity index (χ4v) is 4.91. The van der Waals surface area contributed by atoms with Crippen LogP contribution in [-0.2, 0) is 11.2 Å². The molecule has 0 aliphatic carbocycles. The monoisotopic (exact) mass is 442 g/mol. The molecule has 2 aromatic rings. The van der Waals surface area contributed by atoms with Gasteiger partial charge in [-0.3, -0.25) is 4.79 Å². The number of likely N-dealkylation sites (tertiary alicyclic amines) is 1. The Balaban J connectivity index is 1.46. The highest BCUT2D eigenvalue weighted by molar-refractivity contribution is 7.99. The number of aryl methyl sites for hydroxylation is 1. The molecule has 0 spiro atoms. The predicted molar refractivity (Wildman–Crippen MR) is 132 cm³/mol. The van der Waals surface area contributed by atoms with Crippen molar-refractivity contribution in [2.24, 2.45) is 0 Å². The number of piperidine rings is 1. The minimum absolute atomic E-state index is 0.0723. The lowest BCUT2D eigenvalue weighted by Gasteiger charge is -2.39. The molecule has 1 N–H and O–H groups in total. The summed E-state index contributed by atoms with van der Waals surface area (Å²) in [5, 5.41) is 7.64. The summed E-state index contributed by atoms with van der Waals surface area (Å²) in [5.41, 5.74) is 1.28. The summed E-state index contributed by atoms with van der Waals surface area (Å²) in [6, 6.07) is 13.2. The van der Waals surface area contributed by atoms with Crippen LogP contribution in [-0.4, -0.2) is 50.7 Å². The summed E-state index contributed by atoms with van der Waals surface area (Å²) in [4.78, 5) is 15.1. The number of anilines is 1. The third-order valence-electron chi connectivity index (χ3n) is 6.46. The number of rotatable bonds is 10. The zero-order chi connectivity index (χ0) is 22.3. The van der Waals surface area contributed by atoms with Crippen LogP contribution in [0.1, 0.15) is 64.5 Å². The van der Waals surface area contributed by atoms with Gasteiger partial charge in [-0.15, -0.1) is 0 Å². The van der Waals surface area contributed by atoms with Gasteiger partial charge in [-0.05, 0) is 50.8 Å². The molecule has 31 heavy (non-hydrogen) atoms. The van der Waals surface area contributed by atoms with Crippen molar-refractivity contribution in [3.8, 4) is 0 Å². The van der Waals surface area contributed by atoms with Crippen LogP contribution in [0.2, 0.25) is 0 Å². The highest BCUT2D eigenvalue weighted by Crippen LogP contribution is 2.31. The molecule has 1 atom stereocenters. The minimum Gasteiger partial charge on any atom is -0.311 e. The number of carbonyl (C=O) groups excluding carboxylic acids is 1. The van der Waals surface area contributed by atoms with Gasteiger partial charge in [-0.2, -0.15) is 16.9 Å². The smallest absolute Gasteiger partial charge is 0.225 e. The first-order valence-electron chi connectivity index (χ1n) is 11.5. The Morgan fingerprint density at radius 2 is 1.94 bits per heavy atom. The molecule has 1 aliphatic rings. The molecule has 0 radical (unpaired) electrons. The number of nitrogens with zero attached hydrogens (tertiary/aromatic N) is 3. The highest BCUT2D eigenvalue weighted by atomic mass is 32.2. The molecule has 3 rings (SSSR count). The minimum atomic E-state index is 0.0723. The van der Waals surface area contributed by atoms with Gasteiger partial charge in [0.15, 0.2) is 0 Å². The van der Waals surface area contributed by atoms with E-state index in [2.05, 4.69) is 54.5 Å². The third-order valence-corrected chi connectivity index (χ3v) is 7.73. The second kappa shape index (κ2) is 11.2. The van der Waals surface area contributed by atoms with E-state index in [0.29, 0.717) is 23.3 Å². The van der Waals surface area contributed by atoms with E-state index in [0.717, 1.165) is 44.6 Å². The van der Waals surface area contributed by atoms with E-state index in [1.54, 1.807) is 6.20 Å². The van der Waals surface area contributed by atoms with Crippen molar-refractivity contribution in [3.63, 3.8) is 0 Å². The van der Waals surface area contributed by atoms with Gasteiger partial charge < -0.3 is 10.2 Å². The Morgan fingerprint density at radius 3 is 2.61 bits per heavy atom. The van der Waals surface area contributed by atoms with Gasteiger partial charge in [-0.1, -0.05) is 44.2 Å². The first kappa shape index (κ1) is 23.9. The average molecular weight is 443 g/mol. The van der Waals surface area contributed by atoms with Crippen LogP contribution in [0.15, 0.2) is 42.6 Å². The Labute approximate surface area is 192 Å². The quantitative estimate of drug-likeness (QED) is 0.535. The standard InChI is InChI=1S/C25H38N4OS/c1-20(19-25(2,3)31-4)28-17-14-22(15-18-28)29-23(13-16-26-29)27-24(30)12-8-11-21-9-6-5-7-10-21/h5-7,9-10,13,16,20,22H,8,11-12,14-15,17-19H2,1-4H3,(H,27,30)/t20-/m1/s1. The van der Waals surface area contributed by atoms with Gasteiger partial charge in [0.1, 0.15) is 5.82 Å². The van der Waals surface area contributed by atoms with E-state index in [4.69, 9.17) is 0 Å². The van der Waals surface area contributed by atoms with Crippen LogP contribution < -0.4 is 5.32 Å². The van der Waals surface area contributed by atoms with E-state index in [1.807, 2.05) is 40.7 Å². The van der Waals surface area contributed by atoms with E-state index in [1.165, 1.54) is 12.0 Å². The van der Waals surface area contributed by atoms with Crippen LogP contribution in [0.3, 0.4) is 0 Å². The number of aromatic nitrogens is 2. The van der Waals surface area contributed by atoms with Gasteiger partial charge in [0.2, 0.25) is 5.91 Å². The van der Waals surface area contributed by atoms with Crippen molar-refractivity contribution in [1.29, 1.82) is 0 Å². The van der Waals surface area contributed by atoms with Gasteiger partial charge in [0, 0.05) is 36.4 Å². The van der Waals surface area contributed by atoms with Crippen LogP contribution in [0, 0.1) is 0 Å². The maximum atomic E-state index is 12.5. The molecule has 0 bridgehead atoms. The lowest BCUT2D eigenvalue weighted by atomic mass is 9.98. The van der Waals surface area contributed by atoms with Crippen LogP contribution in [0.25, 0.3) is 0 Å². The van der Waals surface area contributed by atoms with Crippen molar-refractivity contribution in [2.75, 3.05) is 24.7 Å². The first-order valence-corrected chi connectivity index (χ1v) is 12.8. The molecule has 1 amide bonds. The van der Waals surface area contributed by atoms with Crippen LogP contribution in [0.5, 0.6) is 0 Å². The first-order chi connectivity index (χ1) is 14.9. The Morgan fingerprint density at radius 1 is 1.23 bits per heavy atom. The molecule has 2 heterocycles. The van der Waals surface area contributed by atoms with E-state index >= 15 is 0 Å². The van der Waals surface area contributed by atoms with Crippen molar-refractivity contribution in [2.45, 2.75) is 76.1 Å². The van der Waals surface area contributed by atoms with Crippen LogP contribution >= 0.6 is 11.8 Å². The summed E-state index contributed by atoms with van der Waals surface area (Å²) < 4.78 is 2.35. The summed E-state index contributed by atoms with van der Waals surface area (Å²) in [6.45, 7) is 9.19. The van der Waals surface area contributed by atoms with Crippen molar-refractivity contribution in [3.05, 3.63) is 48.2 Å². The second-order valence-corrected chi connectivity index (χ2v) is 10.8. The number of thioether (sulfide) groups is 1. The van der Waals surface area contributed by atoms with Gasteiger partial charge in [0.05, 0.1) is 12.2 Å². The number of hydrogen-bond donors (Lipinski definition) is 1. The van der Waals surface area contributed by atoms with E-state index < -0.39 is 0 Å². The molecular weight excluding hydrogens is 404 g/mol. The molecule has 0 saturated carbocycles. The fraction of sp³-hybridized carbons (Fsp3) is 0.600. The number of carbonyl (C=O) groups is 1. The summed E-state index contributed by atoms with van der Waals surface area (Å²) >= 11 is 1.95. The highest BCUT2D eigenvalue weighted by Gasteiger charge is 2.28. The summed E-state index contributed by atoms with van der Waals surface area (Å²) in [7, 11) is 0. The number of amides is 1. The molecule has 1 aromatic carbocycles. The van der Waals surface area contributed by atoms with E-state index in [-0.39, 0.29) is 5.91 Å². The number of hydrogen-bond acceptors (Lipinski definition) is 4. The van der Waals surface area contributed by atoms with Gasteiger partial charge in [0.25, 0.3) is 0 Å². The van der Waals surface area contributed by atoms with Gasteiger partial charge >= 0.3 is 0 Å². The lowest BCUT2D eigenvalue weighted by Crippen LogP contribution is -2.43. The average Bonchev–Trinajstić information content (AvgIpc) is 3.22. The summed E-state index contributed by atoms with van der Waals surface area (Å²) in [5.74, 6) is 0.905. The molecule has 1 aliphatic heterocycles. The molecule has 1 fully saturated rings. The molecule has 170 valence electrons. The Bertz CT molecular complexity index is 812. The molecule has 1 saturated heterocycles. The van der Waals surface area contributed by atoms with Gasteiger partial charge in [-0.25, -0.2) is 4.68 Å². The number of benzene rings is 1. The topological polar surface area (TPSA) is 50.2 Å².